The predicted octanol–water partition coefficient (Wildman–Crippen LogP) is 1.27. The van der Waals surface area contributed by atoms with Crippen molar-refractivity contribution >= 4 is 18.0 Å². The van der Waals surface area contributed by atoms with Crippen molar-refractivity contribution in [2.24, 2.45) is 0 Å². The third kappa shape index (κ3) is 7.60. The first-order valence-corrected chi connectivity index (χ1v) is 6.33. The van der Waals surface area contributed by atoms with E-state index < -0.39 is 29.2 Å². The van der Waals surface area contributed by atoms with Crippen molar-refractivity contribution < 1.29 is 24.2 Å². The SMILES string of the molecule is CC(=O)NC(CC(=O)O)C(C)(C)NC(=O)OC(C)(C)C. The third-order valence-corrected chi connectivity index (χ3v) is 2.45. The molecule has 0 spiro atoms. The molecular weight excluding hydrogens is 264 g/mol. The lowest BCUT2D eigenvalue weighted by Gasteiger charge is -2.35. The Labute approximate surface area is 119 Å². The van der Waals surface area contributed by atoms with E-state index in [1.54, 1.807) is 34.6 Å². The Bertz CT molecular complexity index is 369. The number of aliphatic carboxylic acids is 1. The summed E-state index contributed by atoms with van der Waals surface area (Å²) in [7, 11) is 0. The standard InChI is InChI=1S/C13H24N2O5/c1-8(16)14-9(7-10(17)18)13(5,6)15-11(19)20-12(2,3)4/h9H,7H2,1-6H3,(H,14,16)(H,15,19)(H,17,18). The van der Waals surface area contributed by atoms with Crippen molar-refractivity contribution in [1.29, 1.82) is 0 Å². The Morgan fingerprint density at radius 1 is 1.15 bits per heavy atom. The van der Waals surface area contributed by atoms with Gasteiger partial charge in [-0.2, -0.15) is 0 Å². The number of ether oxygens (including phenoxy) is 1. The van der Waals surface area contributed by atoms with E-state index in [0.29, 0.717) is 0 Å². The van der Waals surface area contributed by atoms with Gasteiger partial charge < -0.3 is 20.5 Å². The zero-order valence-corrected chi connectivity index (χ0v) is 12.9. The van der Waals surface area contributed by atoms with Crippen molar-refractivity contribution in [3.8, 4) is 0 Å². The summed E-state index contributed by atoms with van der Waals surface area (Å²) in [4.78, 5) is 33.8. The molecule has 2 amide bonds. The van der Waals surface area contributed by atoms with Crippen LogP contribution < -0.4 is 10.6 Å². The molecule has 0 fully saturated rings. The van der Waals surface area contributed by atoms with Crippen molar-refractivity contribution in [3.63, 3.8) is 0 Å². The van der Waals surface area contributed by atoms with Crippen molar-refractivity contribution in [2.75, 3.05) is 0 Å². The first kappa shape index (κ1) is 18.2. The Hall–Kier alpha value is -1.79. The van der Waals surface area contributed by atoms with Gasteiger partial charge in [0.25, 0.3) is 0 Å². The highest BCUT2D eigenvalue weighted by molar-refractivity contribution is 5.76. The smallest absolute Gasteiger partial charge is 0.408 e. The number of carboxylic acid groups (broad SMARTS) is 1. The van der Waals surface area contributed by atoms with E-state index >= 15 is 0 Å². The molecule has 3 N–H and O–H groups in total. The van der Waals surface area contributed by atoms with Gasteiger partial charge in [0, 0.05) is 6.92 Å². The fraction of sp³-hybridized carbons (Fsp3) is 0.769. The minimum absolute atomic E-state index is 0.303. The molecule has 7 heteroatoms. The van der Waals surface area contributed by atoms with Crippen LogP contribution in [-0.4, -0.2) is 40.3 Å². The van der Waals surface area contributed by atoms with Gasteiger partial charge in [-0.1, -0.05) is 0 Å². The van der Waals surface area contributed by atoms with E-state index in [1.165, 1.54) is 6.92 Å². The highest BCUT2D eigenvalue weighted by atomic mass is 16.6. The number of carbonyl (C=O) groups excluding carboxylic acids is 2. The highest BCUT2D eigenvalue weighted by Crippen LogP contribution is 2.15. The van der Waals surface area contributed by atoms with E-state index in [1.807, 2.05) is 0 Å². The maximum atomic E-state index is 11.8. The van der Waals surface area contributed by atoms with Gasteiger partial charge in [-0.3, -0.25) is 9.59 Å². The molecule has 0 aliphatic rings. The van der Waals surface area contributed by atoms with Gasteiger partial charge in [0.15, 0.2) is 0 Å². The van der Waals surface area contributed by atoms with Crippen LogP contribution in [0.15, 0.2) is 0 Å². The molecule has 0 bridgehead atoms. The topological polar surface area (TPSA) is 105 Å². The normalized spacial score (nSPS) is 13.3. The second-order valence-corrected chi connectivity index (χ2v) is 6.20. The summed E-state index contributed by atoms with van der Waals surface area (Å²) in [5, 5.41) is 14.0. The molecule has 0 aromatic rings. The lowest BCUT2D eigenvalue weighted by molar-refractivity contribution is -0.138. The first-order valence-electron chi connectivity index (χ1n) is 6.33. The number of amides is 2. The third-order valence-electron chi connectivity index (χ3n) is 2.45. The molecule has 1 unspecified atom stereocenters. The number of hydrogen-bond acceptors (Lipinski definition) is 4. The maximum Gasteiger partial charge on any atom is 0.408 e. The molecule has 0 aliphatic carbocycles. The summed E-state index contributed by atoms with van der Waals surface area (Å²) < 4.78 is 5.12. The van der Waals surface area contributed by atoms with Gasteiger partial charge in [0.1, 0.15) is 5.60 Å². The predicted molar refractivity (Wildman–Crippen MR) is 73.3 cm³/mol. The number of alkyl carbamates (subject to hydrolysis) is 1. The van der Waals surface area contributed by atoms with Crippen LogP contribution in [-0.2, 0) is 14.3 Å². The summed E-state index contributed by atoms with van der Waals surface area (Å²) in [6, 6.07) is -0.745. The van der Waals surface area contributed by atoms with Crippen molar-refractivity contribution in [1.82, 2.24) is 10.6 Å². The van der Waals surface area contributed by atoms with E-state index in [0.717, 1.165) is 0 Å². The molecule has 0 rings (SSSR count). The van der Waals surface area contributed by atoms with Crippen molar-refractivity contribution in [3.05, 3.63) is 0 Å². The number of hydrogen-bond donors (Lipinski definition) is 3. The molecule has 0 radical (unpaired) electrons. The largest absolute Gasteiger partial charge is 0.481 e. The van der Waals surface area contributed by atoms with Crippen LogP contribution in [0.4, 0.5) is 4.79 Å². The van der Waals surface area contributed by atoms with Gasteiger partial charge in [-0.25, -0.2) is 4.79 Å². The van der Waals surface area contributed by atoms with E-state index in [2.05, 4.69) is 10.6 Å². The molecule has 0 saturated heterocycles. The molecule has 0 aliphatic heterocycles. The van der Waals surface area contributed by atoms with E-state index in [4.69, 9.17) is 9.84 Å². The zero-order valence-electron chi connectivity index (χ0n) is 12.9. The molecule has 116 valence electrons. The Kier molecular flexibility index (Phi) is 5.99. The average molecular weight is 288 g/mol. The summed E-state index contributed by atoms with van der Waals surface area (Å²) in [5.41, 5.74) is -1.62. The van der Waals surface area contributed by atoms with Gasteiger partial charge in [0.2, 0.25) is 5.91 Å². The van der Waals surface area contributed by atoms with Crippen LogP contribution in [0.2, 0.25) is 0 Å². The summed E-state index contributed by atoms with van der Waals surface area (Å²) in [6.07, 6.45) is -0.967. The van der Waals surface area contributed by atoms with Crippen LogP contribution in [0, 0.1) is 0 Å². The minimum atomic E-state index is -1.07. The quantitative estimate of drug-likeness (QED) is 0.706. The molecule has 1 atom stereocenters. The maximum absolute atomic E-state index is 11.8. The van der Waals surface area contributed by atoms with Crippen LogP contribution in [0.25, 0.3) is 0 Å². The summed E-state index contributed by atoms with van der Waals surface area (Å²) in [6.45, 7) is 9.71. The molecule has 7 nitrogen and oxygen atoms in total. The van der Waals surface area contributed by atoms with Gasteiger partial charge in [-0.15, -0.1) is 0 Å². The zero-order chi connectivity index (χ0) is 16.1. The minimum Gasteiger partial charge on any atom is -0.481 e. The summed E-state index contributed by atoms with van der Waals surface area (Å²) >= 11 is 0. The molecule has 0 aromatic carbocycles. The van der Waals surface area contributed by atoms with E-state index in [-0.39, 0.29) is 12.3 Å². The Morgan fingerprint density at radius 3 is 2.00 bits per heavy atom. The number of carboxylic acids is 1. The van der Waals surface area contributed by atoms with Crippen LogP contribution in [0.1, 0.15) is 48.0 Å². The average Bonchev–Trinajstić information content (AvgIpc) is 2.10. The van der Waals surface area contributed by atoms with Gasteiger partial charge in [0.05, 0.1) is 18.0 Å². The molecular formula is C13H24N2O5. The van der Waals surface area contributed by atoms with Crippen molar-refractivity contribution in [2.45, 2.75) is 65.1 Å². The monoisotopic (exact) mass is 288 g/mol. The molecule has 0 heterocycles. The van der Waals surface area contributed by atoms with Gasteiger partial charge >= 0.3 is 12.1 Å². The fourth-order valence-electron chi connectivity index (χ4n) is 1.56. The number of carbonyl (C=O) groups is 3. The first-order chi connectivity index (χ1) is 8.83. The van der Waals surface area contributed by atoms with E-state index in [9.17, 15) is 14.4 Å². The lowest BCUT2D eigenvalue weighted by Crippen LogP contribution is -2.59. The van der Waals surface area contributed by atoms with Crippen LogP contribution in [0.5, 0.6) is 0 Å². The van der Waals surface area contributed by atoms with Gasteiger partial charge in [-0.05, 0) is 34.6 Å². The lowest BCUT2D eigenvalue weighted by atomic mass is 9.92. The molecule has 0 saturated carbocycles. The Balaban J connectivity index is 4.88. The van der Waals surface area contributed by atoms with Crippen LogP contribution in [0.3, 0.4) is 0 Å². The molecule has 20 heavy (non-hydrogen) atoms. The second kappa shape index (κ2) is 6.58. The second-order valence-electron chi connectivity index (χ2n) is 6.20. The van der Waals surface area contributed by atoms with Crippen LogP contribution >= 0.6 is 0 Å². The Morgan fingerprint density at radius 2 is 1.65 bits per heavy atom. The highest BCUT2D eigenvalue weighted by Gasteiger charge is 2.34. The summed E-state index contributed by atoms with van der Waals surface area (Å²) in [5.74, 6) is -1.43. The fourth-order valence-corrected chi connectivity index (χ4v) is 1.56. The molecule has 0 aromatic heterocycles. The number of nitrogens with one attached hydrogen (secondary N) is 2. The number of rotatable bonds is 5.